The molecule has 0 radical (unpaired) electrons. The molecule has 2 aromatic heterocycles. The first kappa shape index (κ1) is 14.9. The van der Waals surface area contributed by atoms with Crippen molar-refractivity contribution in [2.45, 2.75) is 26.8 Å². The zero-order valence-corrected chi connectivity index (χ0v) is 11.9. The van der Waals surface area contributed by atoms with E-state index in [1.165, 1.54) is 10.7 Å². The highest BCUT2D eigenvalue weighted by molar-refractivity contribution is 5.70. The van der Waals surface area contributed by atoms with Crippen molar-refractivity contribution in [3.8, 4) is 11.5 Å². The van der Waals surface area contributed by atoms with Gasteiger partial charge in [0.2, 0.25) is 5.56 Å². The maximum Gasteiger partial charge on any atom is 0.308 e. The summed E-state index contributed by atoms with van der Waals surface area (Å²) in [6.45, 7) is 4.09. The van der Waals surface area contributed by atoms with Crippen LogP contribution in [0.4, 0.5) is 0 Å². The summed E-state index contributed by atoms with van der Waals surface area (Å²) in [7, 11) is 0. The van der Waals surface area contributed by atoms with Gasteiger partial charge < -0.3 is 10.1 Å². The van der Waals surface area contributed by atoms with Gasteiger partial charge in [0.25, 0.3) is 0 Å². The Kier molecular flexibility index (Phi) is 4.46. The molecule has 112 valence electrons. The molecule has 0 saturated carbocycles. The number of aliphatic carboxylic acids is 1. The van der Waals surface area contributed by atoms with Crippen molar-refractivity contribution >= 4 is 5.97 Å². The molecule has 0 aliphatic rings. The van der Waals surface area contributed by atoms with Crippen LogP contribution in [0.5, 0.6) is 0 Å². The van der Waals surface area contributed by atoms with Crippen LogP contribution >= 0.6 is 0 Å². The summed E-state index contributed by atoms with van der Waals surface area (Å²) in [5, 5.41) is 20.5. The fraction of sp³-hybridized carbons (Fsp3) is 0.462. The van der Waals surface area contributed by atoms with E-state index in [1.807, 2.05) is 13.8 Å². The van der Waals surface area contributed by atoms with Crippen LogP contribution in [0, 0.1) is 11.8 Å². The lowest BCUT2D eigenvalue weighted by molar-refractivity contribution is -0.142. The molecule has 8 heteroatoms. The molecule has 0 aromatic carbocycles. The summed E-state index contributed by atoms with van der Waals surface area (Å²) in [6, 6.07) is 4.65. The molecule has 2 aromatic rings. The highest BCUT2D eigenvalue weighted by Crippen LogP contribution is 2.17. The van der Waals surface area contributed by atoms with Gasteiger partial charge in [-0.05, 0) is 28.8 Å². The van der Waals surface area contributed by atoms with Gasteiger partial charge in [-0.15, -0.1) is 5.10 Å². The maximum atomic E-state index is 11.3. The monoisotopic (exact) mass is 291 g/mol. The number of hydrogen-bond donors (Lipinski definition) is 2. The highest BCUT2D eigenvalue weighted by atomic mass is 16.4. The van der Waals surface area contributed by atoms with Crippen LogP contribution < -0.4 is 5.56 Å². The number of aromatic nitrogens is 5. The standard InChI is InChI=1S/C13H17N5O3/c1-8(2)6-9(13(20)21)7-18-12(15-16-17-18)10-4-3-5-11(19)14-10/h3-5,8-9H,6-7H2,1-2H3,(H,14,19)(H,20,21). The molecule has 8 nitrogen and oxygen atoms in total. The second-order valence-corrected chi connectivity index (χ2v) is 5.28. The Hall–Kier alpha value is -2.51. The van der Waals surface area contributed by atoms with E-state index < -0.39 is 11.9 Å². The summed E-state index contributed by atoms with van der Waals surface area (Å²) in [4.78, 5) is 25.3. The van der Waals surface area contributed by atoms with Gasteiger partial charge in [-0.1, -0.05) is 19.9 Å². The summed E-state index contributed by atoms with van der Waals surface area (Å²) in [6.07, 6.45) is 0.528. The molecule has 0 aliphatic heterocycles. The summed E-state index contributed by atoms with van der Waals surface area (Å²) in [5.41, 5.74) is 0.195. The third-order valence-electron chi connectivity index (χ3n) is 3.04. The number of carbonyl (C=O) groups is 1. The van der Waals surface area contributed by atoms with Crippen LogP contribution in [0.1, 0.15) is 20.3 Å². The van der Waals surface area contributed by atoms with Gasteiger partial charge in [0.05, 0.1) is 18.2 Å². The number of carboxylic acid groups (broad SMARTS) is 1. The lowest BCUT2D eigenvalue weighted by Crippen LogP contribution is -2.23. The van der Waals surface area contributed by atoms with Gasteiger partial charge in [0.1, 0.15) is 0 Å². The van der Waals surface area contributed by atoms with Crippen molar-refractivity contribution in [1.29, 1.82) is 0 Å². The van der Waals surface area contributed by atoms with Crippen LogP contribution in [-0.2, 0) is 11.3 Å². The Bertz CT molecular complexity index is 676. The normalized spacial score (nSPS) is 12.5. The molecule has 0 amide bonds. The van der Waals surface area contributed by atoms with Gasteiger partial charge in [0.15, 0.2) is 5.82 Å². The Labute approximate surface area is 120 Å². The second-order valence-electron chi connectivity index (χ2n) is 5.28. The first-order valence-electron chi connectivity index (χ1n) is 6.66. The molecule has 1 atom stereocenters. The molecule has 1 unspecified atom stereocenters. The van der Waals surface area contributed by atoms with Crippen molar-refractivity contribution in [2.75, 3.05) is 0 Å². The third kappa shape index (κ3) is 3.74. The molecule has 0 bridgehead atoms. The second kappa shape index (κ2) is 6.29. The minimum absolute atomic E-state index is 0.159. The van der Waals surface area contributed by atoms with Gasteiger partial charge in [-0.3, -0.25) is 9.59 Å². The lowest BCUT2D eigenvalue weighted by Gasteiger charge is -2.15. The summed E-state index contributed by atoms with van der Waals surface area (Å²) >= 11 is 0. The number of nitrogens with zero attached hydrogens (tertiary/aromatic N) is 4. The van der Waals surface area contributed by atoms with E-state index >= 15 is 0 Å². The number of pyridine rings is 1. The summed E-state index contributed by atoms with van der Waals surface area (Å²) in [5.74, 6) is -0.861. The fourth-order valence-electron chi connectivity index (χ4n) is 2.13. The topological polar surface area (TPSA) is 114 Å². The highest BCUT2D eigenvalue weighted by Gasteiger charge is 2.22. The van der Waals surface area contributed by atoms with Crippen molar-refractivity contribution in [3.63, 3.8) is 0 Å². The van der Waals surface area contributed by atoms with E-state index in [2.05, 4.69) is 20.5 Å². The largest absolute Gasteiger partial charge is 0.481 e. The number of rotatable bonds is 6. The molecule has 2 N–H and O–H groups in total. The molecule has 21 heavy (non-hydrogen) atoms. The van der Waals surface area contributed by atoms with Crippen LogP contribution in [0.2, 0.25) is 0 Å². The lowest BCUT2D eigenvalue weighted by atomic mass is 9.97. The maximum absolute atomic E-state index is 11.3. The van der Waals surface area contributed by atoms with Gasteiger partial charge >= 0.3 is 5.97 Å². The van der Waals surface area contributed by atoms with E-state index in [9.17, 15) is 14.7 Å². The fourth-order valence-corrected chi connectivity index (χ4v) is 2.13. The predicted octanol–water partition coefficient (Wildman–Crippen LogP) is 0.775. The zero-order valence-electron chi connectivity index (χ0n) is 11.9. The molecule has 0 aliphatic carbocycles. The van der Waals surface area contributed by atoms with Crippen LogP contribution in [-0.4, -0.2) is 36.3 Å². The summed E-state index contributed by atoms with van der Waals surface area (Å²) < 4.78 is 1.41. The molecule has 0 saturated heterocycles. The van der Waals surface area contributed by atoms with E-state index in [4.69, 9.17) is 0 Å². The molecule has 0 spiro atoms. The number of hydrogen-bond acceptors (Lipinski definition) is 5. The Morgan fingerprint density at radius 3 is 2.81 bits per heavy atom. The Morgan fingerprint density at radius 1 is 1.43 bits per heavy atom. The van der Waals surface area contributed by atoms with E-state index in [-0.39, 0.29) is 18.0 Å². The molecule has 0 fully saturated rings. The van der Waals surface area contributed by atoms with Crippen LogP contribution in [0.25, 0.3) is 11.5 Å². The molecule has 2 heterocycles. The SMILES string of the molecule is CC(C)CC(Cn1nnnc1-c1cccc(=O)[nH]1)C(=O)O. The number of H-pyrrole nitrogens is 1. The van der Waals surface area contributed by atoms with E-state index in [0.717, 1.165) is 0 Å². The average molecular weight is 291 g/mol. The predicted molar refractivity (Wildman–Crippen MR) is 74.5 cm³/mol. The Morgan fingerprint density at radius 2 is 2.19 bits per heavy atom. The molecule has 2 rings (SSSR count). The number of nitrogens with one attached hydrogen (secondary N) is 1. The van der Waals surface area contributed by atoms with Crippen molar-refractivity contribution in [2.24, 2.45) is 11.8 Å². The first-order chi connectivity index (χ1) is 9.97. The van der Waals surface area contributed by atoms with Crippen molar-refractivity contribution < 1.29 is 9.90 Å². The van der Waals surface area contributed by atoms with Crippen molar-refractivity contribution in [1.82, 2.24) is 25.2 Å². The van der Waals surface area contributed by atoms with E-state index in [0.29, 0.717) is 17.9 Å². The smallest absolute Gasteiger partial charge is 0.308 e. The number of carboxylic acids is 1. The van der Waals surface area contributed by atoms with E-state index in [1.54, 1.807) is 12.1 Å². The molecular weight excluding hydrogens is 274 g/mol. The van der Waals surface area contributed by atoms with Gasteiger partial charge in [-0.2, -0.15) is 0 Å². The van der Waals surface area contributed by atoms with Gasteiger partial charge in [-0.25, -0.2) is 4.68 Å². The average Bonchev–Trinajstić information content (AvgIpc) is 2.85. The molecular formula is C13H17N5O3. The minimum atomic E-state index is -0.883. The minimum Gasteiger partial charge on any atom is -0.481 e. The van der Waals surface area contributed by atoms with Gasteiger partial charge in [0, 0.05) is 6.07 Å². The quantitative estimate of drug-likeness (QED) is 0.812. The van der Waals surface area contributed by atoms with Crippen LogP contribution in [0.15, 0.2) is 23.0 Å². The number of aromatic amines is 1. The van der Waals surface area contributed by atoms with Crippen molar-refractivity contribution in [3.05, 3.63) is 28.6 Å². The zero-order chi connectivity index (χ0) is 15.4. The third-order valence-corrected chi connectivity index (χ3v) is 3.04. The van der Waals surface area contributed by atoms with Crippen LogP contribution in [0.3, 0.4) is 0 Å². The Balaban J connectivity index is 2.27. The number of tetrazole rings is 1. The first-order valence-corrected chi connectivity index (χ1v) is 6.66.